The topological polar surface area (TPSA) is 13.1 Å². The lowest BCUT2D eigenvalue weighted by molar-refractivity contribution is 0.669. The van der Waals surface area contributed by atoms with Crippen molar-refractivity contribution in [3.8, 4) is 0 Å². The standard InChI is InChI=1S/C12H6BrClO/c13-8-4-2-6-10-11(8)7-3-1-5-9(14)12(7)15-10/h1-6H/i1D,2D,3D,4D,5D,6D. The average Bonchev–Trinajstić information content (AvgIpc) is 2.87. The van der Waals surface area contributed by atoms with E-state index < -0.39 is 0 Å². The van der Waals surface area contributed by atoms with Crippen molar-refractivity contribution in [3.05, 3.63) is 45.7 Å². The SMILES string of the molecule is [2H]c1c([2H])c(Br)c2c(oc3c(Cl)c([2H])c([2H])c([2H])c32)c1[2H]. The Morgan fingerprint density at radius 1 is 1.20 bits per heavy atom. The van der Waals surface area contributed by atoms with E-state index in [9.17, 15) is 0 Å². The minimum absolute atomic E-state index is 0.0123. The van der Waals surface area contributed by atoms with Gasteiger partial charge in [-0.1, -0.05) is 45.7 Å². The molecule has 3 rings (SSSR count). The molecule has 0 radical (unpaired) electrons. The molecule has 15 heavy (non-hydrogen) atoms. The van der Waals surface area contributed by atoms with Crippen molar-refractivity contribution < 1.29 is 12.6 Å². The van der Waals surface area contributed by atoms with Crippen molar-refractivity contribution in [2.24, 2.45) is 0 Å². The Kier molecular flexibility index (Phi) is 1.06. The van der Waals surface area contributed by atoms with Crippen LogP contribution in [-0.2, 0) is 0 Å². The second-order valence-corrected chi connectivity index (χ2v) is 4.06. The molecule has 0 N–H and O–H groups in total. The van der Waals surface area contributed by atoms with Crippen LogP contribution in [0.1, 0.15) is 8.22 Å². The van der Waals surface area contributed by atoms with Gasteiger partial charge in [0.2, 0.25) is 0 Å². The summed E-state index contributed by atoms with van der Waals surface area (Å²) in [5.74, 6) is 0. The highest BCUT2D eigenvalue weighted by atomic mass is 79.9. The number of benzene rings is 2. The molecule has 3 aromatic rings. The Bertz CT molecular complexity index is 861. The van der Waals surface area contributed by atoms with E-state index in [4.69, 9.17) is 24.2 Å². The predicted octanol–water partition coefficient (Wildman–Crippen LogP) is 5.00. The van der Waals surface area contributed by atoms with E-state index in [2.05, 4.69) is 15.9 Å². The van der Waals surface area contributed by atoms with E-state index in [1.54, 1.807) is 0 Å². The van der Waals surface area contributed by atoms with Gasteiger partial charge < -0.3 is 4.42 Å². The molecule has 0 unspecified atom stereocenters. The van der Waals surface area contributed by atoms with Gasteiger partial charge in [0.25, 0.3) is 0 Å². The molecule has 2 aromatic carbocycles. The Hall–Kier alpha value is -0.990. The first-order chi connectivity index (χ1) is 9.77. The predicted molar refractivity (Wildman–Crippen MR) is 66.4 cm³/mol. The summed E-state index contributed by atoms with van der Waals surface area (Å²) in [6.45, 7) is 0. The molecule has 0 bridgehead atoms. The fraction of sp³-hybridized carbons (Fsp3) is 0. The lowest BCUT2D eigenvalue weighted by atomic mass is 10.1. The van der Waals surface area contributed by atoms with Crippen molar-refractivity contribution >= 4 is 49.5 Å². The molecule has 0 aliphatic carbocycles. The molecule has 0 spiro atoms. The summed E-state index contributed by atoms with van der Waals surface area (Å²) in [6.07, 6.45) is 0. The van der Waals surface area contributed by atoms with E-state index in [0.29, 0.717) is 0 Å². The zero-order valence-electron chi connectivity index (χ0n) is 13.2. The van der Waals surface area contributed by atoms with Crippen LogP contribution in [0.2, 0.25) is 5.02 Å². The maximum absolute atomic E-state index is 8.00. The Balaban J connectivity index is 2.73. The Morgan fingerprint density at radius 3 is 2.87 bits per heavy atom. The molecule has 0 fully saturated rings. The summed E-state index contributed by atoms with van der Waals surface area (Å²) < 4.78 is 52.6. The zero-order valence-corrected chi connectivity index (χ0v) is 9.51. The average molecular weight is 288 g/mol. The minimum Gasteiger partial charge on any atom is -0.454 e. The van der Waals surface area contributed by atoms with Crippen LogP contribution in [0.25, 0.3) is 21.9 Å². The highest BCUT2D eigenvalue weighted by Crippen LogP contribution is 2.36. The maximum atomic E-state index is 8.00. The quantitative estimate of drug-likeness (QED) is 0.567. The normalized spacial score (nSPS) is 16.9. The number of fused-ring (bicyclic) bond motifs is 3. The van der Waals surface area contributed by atoms with Crippen LogP contribution >= 0.6 is 27.5 Å². The highest BCUT2D eigenvalue weighted by Gasteiger charge is 2.11. The third-order valence-electron chi connectivity index (χ3n) is 2.04. The molecule has 0 aliphatic rings. The monoisotopic (exact) mass is 286 g/mol. The lowest BCUT2D eigenvalue weighted by Crippen LogP contribution is -1.68. The number of para-hydroxylation sites is 1. The van der Waals surface area contributed by atoms with Crippen molar-refractivity contribution in [3.63, 3.8) is 0 Å². The second kappa shape index (κ2) is 3.26. The van der Waals surface area contributed by atoms with Crippen LogP contribution in [0, 0.1) is 0 Å². The summed E-state index contributed by atoms with van der Waals surface area (Å²) in [5.41, 5.74) is 0.0372. The summed E-state index contributed by atoms with van der Waals surface area (Å²) >= 11 is 9.19. The van der Waals surface area contributed by atoms with Crippen LogP contribution in [0.4, 0.5) is 0 Å². The van der Waals surface area contributed by atoms with Gasteiger partial charge in [-0.2, -0.15) is 0 Å². The van der Waals surface area contributed by atoms with Gasteiger partial charge in [-0.25, -0.2) is 0 Å². The summed E-state index contributed by atoms with van der Waals surface area (Å²) in [7, 11) is 0. The Morgan fingerprint density at radius 2 is 2.00 bits per heavy atom. The number of rotatable bonds is 0. The molecule has 0 saturated carbocycles. The van der Waals surface area contributed by atoms with Gasteiger partial charge in [-0.15, -0.1) is 0 Å². The fourth-order valence-electron chi connectivity index (χ4n) is 1.41. The van der Waals surface area contributed by atoms with Crippen molar-refractivity contribution in [1.29, 1.82) is 0 Å². The molecule has 0 amide bonds. The van der Waals surface area contributed by atoms with Gasteiger partial charge in [0.05, 0.1) is 13.2 Å². The molecule has 0 atom stereocenters. The van der Waals surface area contributed by atoms with Crippen molar-refractivity contribution in [1.82, 2.24) is 0 Å². The molecule has 1 aromatic heterocycles. The highest BCUT2D eigenvalue weighted by molar-refractivity contribution is 9.10. The number of hydrogen-bond donors (Lipinski definition) is 0. The number of hydrogen-bond acceptors (Lipinski definition) is 1. The van der Waals surface area contributed by atoms with Crippen LogP contribution in [0.15, 0.2) is 45.1 Å². The molecule has 0 aliphatic heterocycles. The van der Waals surface area contributed by atoms with E-state index in [0.717, 1.165) is 0 Å². The third-order valence-corrected chi connectivity index (χ3v) is 2.90. The molecule has 74 valence electrons. The minimum atomic E-state index is -0.352. The molecule has 0 saturated heterocycles. The number of halogens is 2. The number of furan rings is 1. The third kappa shape index (κ3) is 1.29. The van der Waals surface area contributed by atoms with Crippen LogP contribution in [0.3, 0.4) is 0 Å². The molecular formula is C12H6BrClO. The summed E-state index contributed by atoms with van der Waals surface area (Å²) in [6, 6.07) is -1.73. The van der Waals surface area contributed by atoms with Gasteiger partial charge in [0.1, 0.15) is 5.58 Å². The smallest absolute Gasteiger partial charge is 0.154 e. The zero-order chi connectivity index (χ0) is 15.6. The largest absolute Gasteiger partial charge is 0.454 e. The first kappa shape index (κ1) is 4.89. The van der Waals surface area contributed by atoms with Crippen molar-refractivity contribution in [2.45, 2.75) is 0 Å². The maximum Gasteiger partial charge on any atom is 0.154 e. The van der Waals surface area contributed by atoms with Gasteiger partial charge >= 0.3 is 0 Å². The fourth-order valence-corrected chi connectivity index (χ4v) is 2.07. The van der Waals surface area contributed by atoms with E-state index in [-0.39, 0.29) is 67.7 Å². The van der Waals surface area contributed by atoms with Gasteiger partial charge in [-0.3, -0.25) is 0 Å². The molecule has 1 heterocycles. The van der Waals surface area contributed by atoms with E-state index >= 15 is 0 Å². The molecule has 1 nitrogen and oxygen atoms in total. The first-order valence-electron chi connectivity index (χ1n) is 7.04. The second-order valence-electron chi connectivity index (χ2n) is 2.89. The summed E-state index contributed by atoms with van der Waals surface area (Å²) in [5, 5.41) is 0.313. The molecule has 3 heteroatoms. The van der Waals surface area contributed by atoms with Crippen molar-refractivity contribution in [2.75, 3.05) is 0 Å². The summed E-state index contributed by atoms with van der Waals surface area (Å²) in [4.78, 5) is 0. The van der Waals surface area contributed by atoms with Gasteiger partial charge in [-0.05, 0) is 18.1 Å². The van der Waals surface area contributed by atoms with E-state index in [1.165, 1.54) is 0 Å². The van der Waals surface area contributed by atoms with Gasteiger partial charge in [0, 0.05) is 15.2 Å². The van der Waals surface area contributed by atoms with Gasteiger partial charge in [0.15, 0.2) is 5.58 Å². The lowest BCUT2D eigenvalue weighted by Gasteiger charge is -1.92. The Labute approximate surface area is 108 Å². The first-order valence-corrected chi connectivity index (χ1v) is 5.21. The van der Waals surface area contributed by atoms with Crippen LogP contribution in [-0.4, -0.2) is 0 Å². The van der Waals surface area contributed by atoms with Crippen LogP contribution < -0.4 is 0 Å². The van der Waals surface area contributed by atoms with Crippen LogP contribution in [0.5, 0.6) is 0 Å². The molecular weight excluding hydrogens is 275 g/mol. The van der Waals surface area contributed by atoms with E-state index in [1.807, 2.05) is 0 Å².